The fourth-order valence-electron chi connectivity index (χ4n) is 4.48. The zero-order chi connectivity index (χ0) is 21.4. The van der Waals surface area contributed by atoms with Gasteiger partial charge in [0.15, 0.2) is 5.82 Å². The summed E-state index contributed by atoms with van der Waals surface area (Å²) in [6, 6.07) is 0. The van der Waals surface area contributed by atoms with Crippen molar-refractivity contribution in [3.05, 3.63) is 11.7 Å². The molecular formula is C23H39N3O4. The van der Waals surface area contributed by atoms with Gasteiger partial charge in [-0.1, -0.05) is 50.1 Å². The van der Waals surface area contributed by atoms with Crippen molar-refractivity contribution in [1.29, 1.82) is 0 Å². The third kappa shape index (κ3) is 7.99. The summed E-state index contributed by atoms with van der Waals surface area (Å²) in [7, 11) is 0. The maximum absolute atomic E-state index is 12.5. The first-order valence-corrected chi connectivity index (χ1v) is 11.7. The van der Waals surface area contributed by atoms with E-state index in [-0.39, 0.29) is 11.9 Å². The molecule has 2 heterocycles. The highest BCUT2D eigenvalue weighted by molar-refractivity contribution is 5.70. The highest BCUT2D eigenvalue weighted by Crippen LogP contribution is 2.31. The van der Waals surface area contributed by atoms with E-state index in [0.29, 0.717) is 24.7 Å². The molecule has 0 unspecified atom stereocenters. The van der Waals surface area contributed by atoms with Crippen LogP contribution < -0.4 is 0 Å². The standard InChI is InChI=1S/C23H39N3O4/c1-23(2,3)29-21(27)16-19(11-7-10-18-8-5-4-6-9-18)22-24-20(25-30-22)17-26-12-14-28-15-13-26/h18-19H,4-17H2,1-3H3/t19-/m1/s1. The smallest absolute Gasteiger partial charge is 0.307 e. The summed E-state index contributed by atoms with van der Waals surface area (Å²) >= 11 is 0. The van der Waals surface area contributed by atoms with Crippen molar-refractivity contribution < 1.29 is 18.8 Å². The predicted octanol–water partition coefficient (Wildman–Crippen LogP) is 4.47. The molecule has 7 heteroatoms. The maximum Gasteiger partial charge on any atom is 0.307 e. The van der Waals surface area contributed by atoms with Crippen molar-refractivity contribution in [2.24, 2.45) is 5.92 Å². The largest absolute Gasteiger partial charge is 0.460 e. The number of hydrogen-bond donors (Lipinski definition) is 0. The molecule has 1 saturated heterocycles. The summed E-state index contributed by atoms with van der Waals surface area (Å²) in [5.41, 5.74) is -0.486. The van der Waals surface area contributed by atoms with Crippen LogP contribution in [0.5, 0.6) is 0 Å². The molecule has 0 radical (unpaired) electrons. The molecule has 7 nitrogen and oxygen atoms in total. The third-order valence-electron chi connectivity index (χ3n) is 6.02. The Morgan fingerprint density at radius 1 is 1.20 bits per heavy atom. The average Bonchev–Trinajstić information content (AvgIpc) is 3.16. The van der Waals surface area contributed by atoms with E-state index in [4.69, 9.17) is 14.0 Å². The van der Waals surface area contributed by atoms with Crippen LogP contribution in [0.1, 0.15) is 96.2 Å². The number of ether oxygens (including phenoxy) is 2. The molecule has 2 aliphatic rings. The first-order valence-electron chi connectivity index (χ1n) is 11.7. The first kappa shape index (κ1) is 23.2. The lowest BCUT2D eigenvalue weighted by molar-refractivity contribution is -0.155. The van der Waals surface area contributed by atoms with Crippen molar-refractivity contribution in [2.75, 3.05) is 26.3 Å². The van der Waals surface area contributed by atoms with Crippen LogP contribution in [0, 0.1) is 5.92 Å². The van der Waals surface area contributed by atoms with Crippen LogP contribution >= 0.6 is 0 Å². The second kappa shape index (κ2) is 11.2. The number of aromatic nitrogens is 2. The molecule has 0 spiro atoms. The van der Waals surface area contributed by atoms with Gasteiger partial charge in [-0.2, -0.15) is 4.98 Å². The Hall–Kier alpha value is -1.47. The second-order valence-corrected chi connectivity index (χ2v) is 9.86. The fraction of sp³-hybridized carbons (Fsp3) is 0.870. The van der Waals surface area contributed by atoms with Crippen molar-refractivity contribution in [3.63, 3.8) is 0 Å². The van der Waals surface area contributed by atoms with Gasteiger partial charge in [-0.15, -0.1) is 0 Å². The van der Waals surface area contributed by atoms with Crippen LogP contribution in [-0.4, -0.2) is 52.9 Å². The minimum atomic E-state index is -0.486. The van der Waals surface area contributed by atoms with Gasteiger partial charge in [0.2, 0.25) is 5.89 Å². The Morgan fingerprint density at radius 3 is 2.63 bits per heavy atom. The van der Waals surface area contributed by atoms with Gasteiger partial charge in [-0.3, -0.25) is 9.69 Å². The van der Waals surface area contributed by atoms with Gasteiger partial charge >= 0.3 is 5.97 Å². The molecule has 0 N–H and O–H groups in total. The molecule has 1 atom stereocenters. The number of morpholine rings is 1. The summed E-state index contributed by atoms with van der Waals surface area (Å²) in [4.78, 5) is 19.4. The van der Waals surface area contributed by atoms with Crippen molar-refractivity contribution in [3.8, 4) is 0 Å². The van der Waals surface area contributed by atoms with Crippen LogP contribution in [0.4, 0.5) is 0 Å². The van der Waals surface area contributed by atoms with Crippen LogP contribution in [-0.2, 0) is 20.8 Å². The Labute approximate surface area is 180 Å². The lowest BCUT2D eigenvalue weighted by Gasteiger charge is -2.25. The number of carbonyl (C=O) groups is 1. The first-order chi connectivity index (χ1) is 14.4. The molecule has 1 aliphatic carbocycles. The number of nitrogens with zero attached hydrogens (tertiary/aromatic N) is 3. The molecule has 0 aromatic carbocycles. The van der Waals surface area contributed by atoms with Crippen LogP contribution in [0.15, 0.2) is 4.52 Å². The molecule has 1 aromatic rings. The highest BCUT2D eigenvalue weighted by atomic mass is 16.6. The zero-order valence-electron chi connectivity index (χ0n) is 19.0. The molecule has 3 rings (SSSR count). The SMILES string of the molecule is CC(C)(C)OC(=O)C[C@@H](CCCC1CCCCC1)c1nc(CN2CCOCC2)no1. The Bertz CT molecular complexity index is 643. The van der Waals surface area contributed by atoms with E-state index in [2.05, 4.69) is 15.0 Å². The predicted molar refractivity (Wildman–Crippen MR) is 114 cm³/mol. The van der Waals surface area contributed by atoms with E-state index in [0.717, 1.165) is 45.1 Å². The van der Waals surface area contributed by atoms with Crippen molar-refractivity contribution >= 4 is 5.97 Å². The van der Waals surface area contributed by atoms with Gasteiger partial charge in [0.05, 0.1) is 26.2 Å². The fourth-order valence-corrected chi connectivity index (χ4v) is 4.48. The Morgan fingerprint density at radius 2 is 1.93 bits per heavy atom. The maximum atomic E-state index is 12.5. The summed E-state index contributed by atoms with van der Waals surface area (Å²) in [6.07, 6.45) is 10.3. The molecule has 1 aromatic heterocycles. The highest BCUT2D eigenvalue weighted by Gasteiger charge is 2.26. The molecule has 1 saturated carbocycles. The van der Waals surface area contributed by atoms with Gasteiger partial charge in [0.25, 0.3) is 0 Å². The number of carbonyl (C=O) groups excluding carboxylic acids is 1. The Balaban J connectivity index is 1.58. The van der Waals surface area contributed by atoms with Gasteiger partial charge in [-0.05, 0) is 33.1 Å². The van der Waals surface area contributed by atoms with Crippen molar-refractivity contribution in [1.82, 2.24) is 15.0 Å². The number of hydrogen-bond acceptors (Lipinski definition) is 7. The van der Waals surface area contributed by atoms with Crippen molar-refractivity contribution in [2.45, 2.75) is 96.6 Å². The summed E-state index contributed by atoms with van der Waals surface area (Å²) in [5.74, 6) is 1.83. The molecule has 0 amide bonds. The lowest BCUT2D eigenvalue weighted by atomic mass is 9.84. The number of esters is 1. The van der Waals surface area contributed by atoms with Crippen LogP contribution in [0.3, 0.4) is 0 Å². The van der Waals surface area contributed by atoms with E-state index in [1.165, 1.54) is 38.5 Å². The van der Waals surface area contributed by atoms with E-state index in [1.807, 2.05) is 20.8 Å². The molecule has 2 fully saturated rings. The third-order valence-corrected chi connectivity index (χ3v) is 6.02. The van der Waals surface area contributed by atoms with Gasteiger partial charge in [-0.25, -0.2) is 0 Å². The minimum absolute atomic E-state index is 0.0746. The van der Waals surface area contributed by atoms with Gasteiger partial charge in [0.1, 0.15) is 5.60 Å². The monoisotopic (exact) mass is 421 g/mol. The van der Waals surface area contributed by atoms with E-state index < -0.39 is 5.60 Å². The summed E-state index contributed by atoms with van der Waals surface area (Å²) < 4.78 is 16.6. The molecule has 0 bridgehead atoms. The number of rotatable bonds is 9. The van der Waals surface area contributed by atoms with Crippen LogP contribution in [0.25, 0.3) is 0 Å². The van der Waals surface area contributed by atoms with Gasteiger partial charge in [0, 0.05) is 19.0 Å². The second-order valence-electron chi connectivity index (χ2n) is 9.86. The Kier molecular flexibility index (Phi) is 8.69. The molecular weight excluding hydrogens is 382 g/mol. The normalized spacial score (nSPS) is 20.2. The van der Waals surface area contributed by atoms with Crippen LogP contribution in [0.2, 0.25) is 0 Å². The average molecular weight is 422 g/mol. The molecule has 30 heavy (non-hydrogen) atoms. The minimum Gasteiger partial charge on any atom is -0.460 e. The molecule has 1 aliphatic heterocycles. The zero-order valence-corrected chi connectivity index (χ0v) is 19.0. The topological polar surface area (TPSA) is 77.7 Å². The summed E-state index contributed by atoms with van der Waals surface area (Å²) in [6.45, 7) is 9.61. The van der Waals surface area contributed by atoms with E-state index in [9.17, 15) is 4.79 Å². The lowest BCUT2D eigenvalue weighted by Crippen LogP contribution is -2.35. The van der Waals surface area contributed by atoms with E-state index in [1.54, 1.807) is 0 Å². The van der Waals surface area contributed by atoms with E-state index >= 15 is 0 Å². The quantitative estimate of drug-likeness (QED) is 0.544. The van der Waals surface area contributed by atoms with Gasteiger partial charge < -0.3 is 14.0 Å². The summed E-state index contributed by atoms with van der Waals surface area (Å²) in [5, 5.41) is 4.19. The molecule has 170 valence electrons.